The Kier molecular flexibility index (Phi) is 6.32. The summed E-state index contributed by atoms with van der Waals surface area (Å²) in [7, 11) is 1.55. The summed E-state index contributed by atoms with van der Waals surface area (Å²) in [5.74, 6) is 1.16. The molecule has 1 N–H and O–H groups in total. The van der Waals surface area contributed by atoms with Gasteiger partial charge in [0.05, 0.1) is 37.4 Å². The zero-order valence-electron chi connectivity index (χ0n) is 18.7. The Hall–Kier alpha value is -3.27. The maximum atomic E-state index is 13.3. The first-order chi connectivity index (χ1) is 16.5. The lowest BCUT2D eigenvalue weighted by atomic mass is 10.0. The van der Waals surface area contributed by atoms with Crippen LogP contribution in [0.3, 0.4) is 0 Å². The second kappa shape index (κ2) is 9.54. The highest BCUT2D eigenvalue weighted by Gasteiger charge is 2.24. The van der Waals surface area contributed by atoms with Gasteiger partial charge in [-0.1, -0.05) is 11.6 Å². The van der Waals surface area contributed by atoms with Crippen molar-refractivity contribution in [2.75, 3.05) is 19.0 Å². The van der Waals surface area contributed by atoms with E-state index in [0.717, 1.165) is 48.1 Å². The second-order valence-corrected chi connectivity index (χ2v) is 9.43. The van der Waals surface area contributed by atoms with Gasteiger partial charge in [0.25, 0.3) is 5.91 Å². The number of methoxy groups -OCH3 is 1. The Labute approximate surface area is 205 Å². The van der Waals surface area contributed by atoms with E-state index in [1.807, 2.05) is 25.1 Å². The van der Waals surface area contributed by atoms with E-state index in [4.69, 9.17) is 20.8 Å². The lowest BCUT2D eigenvalue weighted by Gasteiger charge is -2.24. The molecule has 0 saturated heterocycles. The van der Waals surface area contributed by atoms with Crippen molar-refractivity contribution in [2.24, 2.45) is 0 Å². The Balaban J connectivity index is 1.38. The minimum absolute atomic E-state index is 0.295. The fraction of sp³-hybridized carbons (Fsp3) is 0.250. The van der Waals surface area contributed by atoms with E-state index in [0.29, 0.717) is 32.7 Å². The van der Waals surface area contributed by atoms with Crippen LogP contribution in [0, 0.1) is 6.92 Å². The maximum Gasteiger partial charge on any atom is 0.259 e. The van der Waals surface area contributed by atoms with E-state index < -0.39 is 0 Å². The second-order valence-electron chi connectivity index (χ2n) is 7.96. The van der Waals surface area contributed by atoms with Crippen molar-refractivity contribution in [3.05, 3.63) is 75.7 Å². The number of nitrogens with one attached hydrogen (secondary N) is 1. The van der Waals surface area contributed by atoms with Crippen LogP contribution >= 0.6 is 22.9 Å². The molecule has 0 fully saturated rings. The molecule has 0 spiro atoms. The topological polar surface area (TPSA) is 93.4 Å². The molecule has 1 aliphatic rings. The normalized spacial score (nSPS) is 13.5. The number of aryl methyl sites for hydroxylation is 1. The summed E-state index contributed by atoms with van der Waals surface area (Å²) in [5.41, 5.74) is 3.53. The number of aromatic nitrogens is 3. The van der Waals surface area contributed by atoms with Gasteiger partial charge in [0.15, 0.2) is 5.13 Å². The van der Waals surface area contributed by atoms with E-state index in [1.165, 1.54) is 11.3 Å². The molecule has 5 heterocycles. The van der Waals surface area contributed by atoms with Gasteiger partial charge in [-0.2, -0.15) is 0 Å². The number of nitrogens with zero attached hydrogens (tertiary/aromatic N) is 4. The predicted octanol–water partition coefficient (Wildman–Crippen LogP) is 4.97. The standard InChI is InChI=1S/C24H22ClN5O3S/c1-14-8-16(17-9-22(25)27-11-20(17)32-2)18(10-26-14)23(31)29-24-28-19-5-6-30(13-21(19)34-24)12-15-4-3-7-33-15/h3-4,7-11H,5-6,12-13H2,1-2H3,(H,28,29,31). The molecule has 0 aromatic carbocycles. The molecule has 0 bridgehead atoms. The number of amides is 1. The Morgan fingerprint density at radius 2 is 2.18 bits per heavy atom. The highest BCUT2D eigenvalue weighted by atomic mass is 35.5. The average Bonchev–Trinajstić information content (AvgIpc) is 3.48. The van der Waals surface area contributed by atoms with Crippen molar-refractivity contribution < 1.29 is 13.9 Å². The lowest BCUT2D eigenvalue weighted by molar-refractivity contribution is 0.102. The van der Waals surface area contributed by atoms with E-state index in [9.17, 15) is 4.79 Å². The number of fused-ring (bicyclic) bond motifs is 1. The fourth-order valence-electron chi connectivity index (χ4n) is 3.98. The first kappa shape index (κ1) is 22.5. The van der Waals surface area contributed by atoms with Crippen LogP contribution in [0.25, 0.3) is 11.1 Å². The molecular formula is C24H22ClN5O3S. The number of thiazole rings is 1. The molecule has 0 unspecified atom stereocenters. The minimum Gasteiger partial charge on any atom is -0.494 e. The number of carbonyl (C=O) groups excluding carboxylic acids is 1. The molecule has 174 valence electrons. The summed E-state index contributed by atoms with van der Waals surface area (Å²) in [6.45, 7) is 4.28. The summed E-state index contributed by atoms with van der Waals surface area (Å²) < 4.78 is 10.9. The third-order valence-electron chi connectivity index (χ3n) is 5.62. The molecular weight excluding hydrogens is 474 g/mol. The summed E-state index contributed by atoms with van der Waals surface area (Å²) >= 11 is 7.64. The number of halogens is 1. The van der Waals surface area contributed by atoms with Gasteiger partial charge in [0.2, 0.25) is 0 Å². The fourth-order valence-corrected chi connectivity index (χ4v) is 5.18. The number of carbonyl (C=O) groups is 1. The molecule has 0 radical (unpaired) electrons. The van der Waals surface area contributed by atoms with E-state index in [2.05, 4.69) is 25.2 Å². The van der Waals surface area contributed by atoms with Gasteiger partial charge in [-0.15, -0.1) is 11.3 Å². The van der Waals surface area contributed by atoms with E-state index >= 15 is 0 Å². The Morgan fingerprint density at radius 3 is 2.97 bits per heavy atom. The zero-order chi connectivity index (χ0) is 23.7. The molecule has 0 atom stereocenters. The van der Waals surface area contributed by atoms with Gasteiger partial charge in [0.1, 0.15) is 16.7 Å². The summed E-state index contributed by atoms with van der Waals surface area (Å²) in [6.07, 6.45) is 5.62. The van der Waals surface area contributed by atoms with Crippen molar-refractivity contribution >= 4 is 34.0 Å². The predicted molar refractivity (Wildman–Crippen MR) is 130 cm³/mol. The third kappa shape index (κ3) is 4.68. The zero-order valence-corrected chi connectivity index (χ0v) is 20.2. The summed E-state index contributed by atoms with van der Waals surface area (Å²) in [4.78, 5) is 29.8. The third-order valence-corrected chi connectivity index (χ3v) is 6.82. The van der Waals surface area contributed by atoms with Gasteiger partial charge in [-0.3, -0.25) is 20.0 Å². The van der Waals surface area contributed by atoms with Gasteiger partial charge in [-0.25, -0.2) is 9.97 Å². The highest BCUT2D eigenvalue weighted by Crippen LogP contribution is 2.35. The van der Waals surface area contributed by atoms with Crippen molar-refractivity contribution in [1.82, 2.24) is 19.9 Å². The Bertz CT molecular complexity index is 1340. The van der Waals surface area contributed by atoms with E-state index in [-0.39, 0.29) is 5.91 Å². The number of rotatable bonds is 6. The quantitative estimate of drug-likeness (QED) is 0.377. The molecule has 0 saturated carbocycles. The number of hydrogen-bond acceptors (Lipinski definition) is 8. The van der Waals surface area contributed by atoms with Crippen LogP contribution in [-0.4, -0.2) is 39.4 Å². The number of furan rings is 1. The molecule has 34 heavy (non-hydrogen) atoms. The molecule has 4 aromatic rings. The first-order valence-corrected chi connectivity index (χ1v) is 11.9. The molecule has 8 nitrogen and oxygen atoms in total. The van der Waals surface area contributed by atoms with Gasteiger partial charge >= 0.3 is 0 Å². The number of ether oxygens (including phenoxy) is 1. The minimum atomic E-state index is -0.295. The molecule has 10 heteroatoms. The van der Waals surface area contributed by atoms with Crippen LogP contribution in [0.5, 0.6) is 5.75 Å². The molecule has 5 rings (SSSR count). The number of anilines is 1. The van der Waals surface area contributed by atoms with Crippen LogP contribution in [0.4, 0.5) is 5.13 Å². The van der Waals surface area contributed by atoms with Crippen molar-refractivity contribution in [2.45, 2.75) is 26.4 Å². The van der Waals surface area contributed by atoms with Gasteiger partial charge < -0.3 is 9.15 Å². The largest absolute Gasteiger partial charge is 0.494 e. The monoisotopic (exact) mass is 495 g/mol. The van der Waals surface area contributed by atoms with Crippen molar-refractivity contribution in [3.8, 4) is 16.9 Å². The van der Waals surface area contributed by atoms with Crippen LogP contribution in [0.1, 0.15) is 32.4 Å². The SMILES string of the molecule is COc1cnc(Cl)cc1-c1cc(C)ncc1C(=O)Nc1nc2c(s1)CN(Cc1ccco1)CC2. The highest BCUT2D eigenvalue weighted by molar-refractivity contribution is 7.15. The van der Waals surface area contributed by atoms with Crippen LogP contribution in [0.2, 0.25) is 5.15 Å². The van der Waals surface area contributed by atoms with Crippen LogP contribution < -0.4 is 10.1 Å². The maximum absolute atomic E-state index is 13.3. The van der Waals surface area contributed by atoms with Gasteiger partial charge in [0, 0.05) is 47.4 Å². The number of hydrogen-bond donors (Lipinski definition) is 1. The summed E-state index contributed by atoms with van der Waals surface area (Å²) in [5, 5.41) is 3.84. The lowest BCUT2D eigenvalue weighted by Crippen LogP contribution is -2.29. The molecule has 1 aliphatic heterocycles. The van der Waals surface area contributed by atoms with Gasteiger partial charge in [-0.05, 0) is 31.2 Å². The van der Waals surface area contributed by atoms with Crippen LogP contribution in [-0.2, 0) is 19.5 Å². The van der Waals surface area contributed by atoms with Crippen molar-refractivity contribution in [3.63, 3.8) is 0 Å². The molecule has 1 amide bonds. The summed E-state index contributed by atoms with van der Waals surface area (Å²) in [6, 6.07) is 7.39. The molecule has 4 aromatic heterocycles. The first-order valence-electron chi connectivity index (χ1n) is 10.7. The Morgan fingerprint density at radius 1 is 1.29 bits per heavy atom. The van der Waals surface area contributed by atoms with Crippen LogP contribution in [0.15, 0.2) is 47.3 Å². The smallest absolute Gasteiger partial charge is 0.259 e. The van der Waals surface area contributed by atoms with E-state index in [1.54, 1.807) is 31.8 Å². The average molecular weight is 496 g/mol. The van der Waals surface area contributed by atoms with Crippen molar-refractivity contribution in [1.29, 1.82) is 0 Å². The molecule has 0 aliphatic carbocycles. The number of pyridine rings is 2.